The number of carboxylic acids is 1. The number of hydrogen-bond acceptors (Lipinski definition) is 4. The van der Waals surface area contributed by atoms with E-state index in [0.29, 0.717) is 19.4 Å². The zero-order valence-electron chi connectivity index (χ0n) is 11.1. The Bertz CT molecular complexity index is 491. The molecule has 2 rings (SSSR count). The highest BCUT2D eigenvalue weighted by molar-refractivity contribution is 5.80. The van der Waals surface area contributed by atoms with E-state index in [4.69, 9.17) is 15.6 Å². The molecule has 1 aromatic carbocycles. The Labute approximate surface area is 117 Å². The Kier molecular flexibility index (Phi) is 4.24. The molecule has 0 saturated carbocycles. The summed E-state index contributed by atoms with van der Waals surface area (Å²) in [5, 5.41) is 9.10. The molecule has 0 bridgehead atoms. The summed E-state index contributed by atoms with van der Waals surface area (Å²) in [5.41, 5.74) is 5.30. The minimum atomic E-state index is -1.37. The molecule has 3 N–H and O–H groups in total. The van der Waals surface area contributed by atoms with Gasteiger partial charge in [0.25, 0.3) is 0 Å². The number of nitrogens with zero attached hydrogens (tertiary/aromatic N) is 1. The summed E-state index contributed by atoms with van der Waals surface area (Å²) >= 11 is 0. The van der Waals surface area contributed by atoms with Crippen molar-refractivity contribution < 1.29 is 19.4 Å². The summed E-state index contributed by atoms with van der Waals surface area (Å²) in [6, 6.07) is 9.31. The van der Waals surface area contributed by atoms with Crippen LogP contribution in [0.2, 0.25) is 0 Å². The fourth-order valence-corrected chi connectivity index (χ4v) is 2.23. The summed E-state index contributed by atoms with van der Waals surface area (Å²) in [6.07, 6.45) is 0.401. The van der Waals surface area contributed by atoms with Crippen LogP contribution in [0.5, 0.6) is 0 Å². The summed E-state index contributed by atoms with van der Waals surface area (Å²) in [6.45, 7) is 0.622. The molecular formula is C14H18N2O4. The Morgan fingerprint density at radius 2 is 2.05 bits per heavy atom. The van der Waals surface area contributed by atoms with Crippen LogP contribution in [0.3, 0.4) is 0 Å². The van der Waals surface area contributed by atoms with Gasteiger partial charge in [0.2, 0.25) is 0 Å². The van der Waals surface area contributed by atoms with Crippen molar-refractivity contribution in [2.24, 2.45) is 5.73 Å². The number of ether oxygens (including phenoxy) is 1. The lowest BCUT2D eigenvalue weighted by Gasteiger charge is -2.36. The fraction of sp³-hybridized carbons (Fsp3) is 0.429. The van der Waals surface area contributed by atoms with E-state index >= 15 is 0 Å². The molecule has 6 nitrogen and oxygen atoms in total. The van der Waals surface area contributed by atoms with E-state index in [1.54, 1.807) is 0 Å². The van der Waals surface area contributed by atoms with Crippen LogP contribution in [0.1, 0.15) is 18.4 Å². The van der Waals surface area contributed by atoms with Crippen molar-refractivity contribution in [3.8, 4) is 0 Å². The van der Waals surface area contributed by atoms with Gasteiger partial charge in [-0.3, -0.25) is 4.79 Å². The average molecular weight is 278 g/mol. The molecule has 0 radical (unpaired) electrons. The van der Waals surface area contributed by atoms with Crippen LogP contribution in [0.25, 0.3) is 0 Å². The first-order valence-electron chi connectivity index (χ1n) is 6.49. The summed E-state index contributed by atoms with van der Waals surface area (Å²) < 4.78 is 5.18. The lowest BCUT2D eigenvalue weighted by Crippen LogP contribution is -2.60. The number of carbonyl (C=O) groups excluding carboxylic acids is 1. The van der Waals surface area contributed by atoms with Crippen LogP contribution in [0.4, 0.5) is 4.79 Å². The third-order valence-electron chi connectivity index (χ3n) is 3.41. The highest BCUT2D eigenvalue weighted by Gasteiger charge is 2.40. The van der Waals surface area contributed by atoms with Crippen molar-refractivity contribution in [3.63, 3.8) is 0 Å². The molecule has 1 heterocycles. The second-order valence-corrected chi connectivity index (χ2v) is 5.03. The highest BCUT2D eigenvalue weighted by Crippen LogP contribution is 2.20. The Hall–Kier alpha value is -2.08. The topological polar surface area (TPSA) is 92.9 Å². The molecule has 0 aliphatic carbocycles. The number of amides is 1. The van der Waals surface area contributed by atoms with Crippen LogP contribution >= 0.6 is 0 Å². The van der Waals surface area contributed by atoms with Crippen molar-refractivity contribution in [2.75, 3.05) is 13.1 Å². The van der Waals surface area contributed by atoms with Gasteiger partial charge in [0.05, 0.1) is 6.54 Å². The first-order chi connectivity index (χ1) is 9.51. The largest absolute Gasteiger partial charge is 0.480 e. The lowest BCUT2D eigenvalue weighted by molar-refractivity contribution is -0.145. The number of aliphatic carboxylic acids is 1. The van der Waals surface area contributed by atoms with Gasteiger partial charge in [-0.05, 0) is 18.4 Å². The molecule has 0 spiro atoms. The zero-order chi connectivity index (χ0) is 14.6. The predicted molar refractivity (Wildman–Crippen MR) is 72.0 cm³/mol. The van der Waals surface area contributed by atoms with Gasteiger partial charge >= 0.3 is 12.1 Å². The second-order valence-electron chi connectivity index (χ2n) is 5.03. The molecule has 1 aliphatic rings. The van der Waals surface area contributed by atoms with Crippen molar-refractivity contribution in [1.29, 1.82) is 0 Å². The maximum absolute atomic E-state index is 11.9. The molecule has 6 heteroatoms. The van der Waals surface area contributed by atoms with Crippen LogP contribution in [-0.2, 0) is 16.1 Å². The molecule has 1 aliphatic heterocycles. The molecule has 1 aromatic rings. The first-order valence-corrected chi connectivity index (χ1v) is 6.49. The molecule has 20 heavy (non-hydrogen) atoms. The monoisotopic (exact) mass is 278 g/mol. The fourth-order valence-electron chi connectivity index (χ4n) is 2.23. The maximum Gasteiger partial charge on any atom is 0.410 e. The van der Waals surface area contributed by atoms with Crippen LogP contribution in [0.15, 0.2) is 30.3 Å². The molecular weight excluding hydrogens is 260 g/mol. The quantitative estimate of drug-likeness (QED) is 0.866. The Balaban J connectivity index is 1.91. The summed E-state index contributed by atoms with van der Waals surface area (Å²) in [7, 11) is 0. The van der Waals surface area contributed by atoms with E-state index in [1.165, 1.54) is 4.90 Å². The van der Waals surface area contributed by atoms with Gasteiger partial charge in [-0.25, -0.2) is 4.79 Å². The summed E-state index contributed by atoms with van der Waals surface area (Å²) in [5.74, 6) is -1.09. The van der Waals surface area contributed by atoms with Gasteiger partial charge in [0.1, 0.15) is 12.1 Å². The van der Waals surface area contributed by atoms with Gasteiger partial charge in [0.15, 0.2) is 0 Å². The van der Waals surface area contributed by atoms with Crippen LogP contribution < -0.4 is 5.73 Å². The molecule has 1 amide bonds. The van der Waals surface area contributed by atoms with Gasteiger partial charge in [-0.2, -0.15) is 0 Å². The van der Waals surface area contributed by atoms with Crippen LogP contribution in [-0.4, -0.2) is 40.7 Å². The van der Waals surface area contributed by atoms with E-state index in [0.717, 1.165) is 5.56 Å². The number of carbonyl (C=O) groups is 2. The first kappa shape index (κ1) is 14.3. The third kappa shape index (κ3) is 3.27. The predicted octanol–water partition coefficient (Wildman–Crippen LogP) is 1.20. The molecule has 0 unspecified atom stereocenters. The van der Waals surface area contributed by atoms with E-state index in [2.05, 4.69) is 0 Å². The number of piperidine rings is 1. The standard InChI is InChI=1S/C14H18N2O4/c15-14(12(17)18)7-4-8-16(10-14)13(19)20-9-11-5-2-1-3-6-11/h1-3,5-6H,4,7-10,15H2,(H,17,18)/t14-/m0/s1. The molecule has 1 saturated heterocycles. The van der Waals surface area contributed by atoms with E-state index in [-0.39, 0.29) is 13.2 Å². The Morgan fingerprint density at radius 3 is 2.70 bits per heavy atom. The molecule has 1 fully saturated rings. The second kappa shape index (κ2) is 5.92. The number of carboxylic acid groups (broad SMARTS) is 1. The zero-order valence-corrected chi connectivity index (χ0v) is 11.1. The molecule has 108 valence electrons. The van der Waals surface area contributed by atoms with Crippen molar-refractivity contribution in [1.82, 2.24) is 4.90 Å². The number of nitrogens with two attached hydrogens (primary N) is 1. The molecule has 0 aromatic heterocycles. The van der Waals surface area contributed by atoms with Crippen molar-refractivity contribution in [2.45, 2.75) is 25.0 Å². The number of likely N-dealkylation sites (tertiary alicyclic amines) is 1. The molecule has 1 atom stereocenters. The number of benzene rings is 1. The van der Waals surface area contributed by atoms with E-state index in [1.807, 2.05) is 30.3 Å². The van der Waals surface area contributed by atoms with Gasteiger partial charge < -0.3 is 20.5 Å². The summed E-state index contributed by atoms with van der Waals surface area (Å²) in [4.78, 5) is 24.4. The van der Waals surface area contributed by atoms with Crippen LogP contribution in [0, 0.1) is 0 Å². The van der Waals surface area contributed by atoms with Gasteiger partial charge in [-0.1, -0.05) is 30.3 Å². The highest BCUT2D eigenvalue weighted by atomic mass is 16.6. The van der Waals surface area contributed by atoms with Crippen molar-refractivity contribution >= 4 is 12.1 Å². The van der Waals surface area contributed by atoms with Gasteiger partial charge in [0, 0.05) is 6.54 Å². The number of hydrogen-bond donors (Lipinski definition) is 2. The van der Waals surface area contributed by atoms with E-state index in [9.17, 15) is 9.59 Å². The normalized spacial score (nSPS) is 22.4. The number of rotatable bonds is 3. The van der Waals surface area contributed by atoms with E-state index < -0.39 is 17.6 Å². The minimum Gasteiger partial charge on any atom is -0.480 e. The minimum absolute atomic E-state index is 0.0179. The van der Waals surface area contributed by atoms with Gasteiger partial charge in [-0.15, -0.1) is 0 Å². The smallest absolute Gasteiger partial charge is 0.410 e. The SMILES string of the molecule is N[C@@]1(C(=O)O)CCCN(C(=O)OCc2ccccc2)C1. The Morgan fingerprint density at radius 1 is 1.35 bits per heavy atom. The lowest BCUT2D eigenvalue weighted by atomic mass is 9.90. The maximum atomic E-state index is 11.9. The van der Waals surface area contributed by atoms with Crippen molar-refractivity contribution in [3.05, 3.63) is 35.9 Å². The third-order valence-corrected chi connectivity index (χ3v) is 3.41. The average Bonchev–Trinajstić information content (AvgIpc) is 2.46.